The summed E-state index contributed by atoms with van der Waals surface area (Å²) >= 11 is 0. The Balaban J connectivity index is 1.72. The highest BCUT2D eigenvalue weighted by Crippen LogP contribution is 2.31. The Morgan fingerprint density at radius 2 is 1.76 bits per heavy atom. The normalized spacial score (nSPS) is 15.0. The molecule has 33 heavy (non-hydrogen) atoms. The Bertz CT molecular complexity index is 1180. The molecule has 0 saturated carbocycles. The van der Waals surface area contributed by atoms with Gasteiger partial charge in [0.25, 0.3) is 6.01 Å². The van der Waals surface area contributed by atoms with E-state index in [4.69, 9.17) is 19.0 Å². The molecule has 2 aromatic carbocycles. The summed E-state index contributed by atoms with van der Waals surface area (Å²) < 4.78 is 41.1. The predicted molar refractivity (Wildman–Crippen MR) is 126 cm³/mol. The number of anilines is 1. The van der Waals surface area contributed by atoms with Crippen molar-refractivity contribution in [3.63, 3.8) is 0 Å². The van der Waals surface area contributed by atoms with Crippen LogP contribution in [0.2, 0.25) is 0 Å². The molecule has 1 saturated heterocycles. The van der Waals surface area contributed by atoms with E-state index in [-0.39, 0.29) is 10.9 Å². The SMILES string of the molecule is CCOc1cc(CN(c2nc3cc(S(N)(=O)=O)ccc3o2)C2CCNCC2)cc(OCC)c1. The number of aromatic nitrogens is 1. The third kappa shape index (κ3) is 5.58. The number of benzene rings is 2. The van der Waals surface area contributed by atoms with Gasteiger partial charge in [-0.05, 0) is 75.7 Å². The van der Waals surface area contributed by atoms with Gasteiger partial charge in [0.2, 0.25) is 10.0 Å². The summed E-state index contributed by atoms with van der Waals surface area (Å²) in [6, 6.07) is 11.0. The van der Waals surface area contributed by atoms with E-state index in [0.29, 0.717) is 36.9 Å². The van der Waals surface area contributed by atoms with Gasteiger partial charge in [-0.15, -0.1) is 0 Å². The number of hydrogen-bond acceptors (Lipinski definition) is 8. The molecule has 0 radical (unpaired) electrons. The molecule has 1 fully saturated rings. The number of fused-ring (bicyclic) bond motifs is 1. The first-order valence-corrected chi connectivity index (χ1v) is 12.7. The first-order chi connectivity index (χ1) is 15.9. The molecule has 1 aliphatic rings. The van der Waals surface area contributed by atoms with Gasteiger partial charge in [-0.3, -0.25) is 0 Å². The van der Waals surface area contributed by atoms with Gasteiger partial charge in [0.05, 0.1) is 18.1 Å². The van der Waals surface area contributed by atoms with Gasteiger partial charge in [0, 0.05) is 18.7 Å². The van der Waals surface area contributed by atoms with Crippen LogP contribution in [0.25, 0.3) is 11.1 Å². The zero-order valence-electron chi connectivity index (χ0n) is 18.9. The zero-order chi connectivity index (χ0) is 23.4. The Kier molecular flexibility index (Phi) is 7.06. The second-order valence-corrected chi connectivity index (χ2v) is 9.52. The van der Waals surface area contributed by atoms with E-state index in [0.717, 1.165) is 43.0 Å². The molecule has 3 aromatic rings. The van der Waals surface area contributed by atoms with E-state index in [2.05, 4.69) is 15.2 Å². The molecule has 178 valence electrons. The fourth-order valence-electron chi connectivity index (χ4n) is 4.08. The fraction of sp³-hybridized carbons (Fsp3) is 0.435. The highest BCUT2D eigenvalue weighted by atomic mass is 32.2. The fourth-order valence-corrected chi connectivity index (χ4v) is 4.62. The molecule has 0 unspecified atom stereocenters. The third-order valence-corrected chi connectivity index (χ3v) is 6.50. The minimum Gasteiger partial charge on any atom is -0.494 e. The average Bonchev–Trinajstić information content (AvgIpc) is 3.21. The van der Waals surface area contributed by atoms with Gasteiger partial charge in [-0.1, -0.05) is 0 Å². The van der Waals surface area contributed by atoms with Crippen molar-refractivity contribution in [2.24, 2.45) is 5.14 Å². The van der Waals surface area contributed by atoms with Crippen LogP contribution in [0, 0.1) is 0 Å². The quantitative estimate of drug-likeness (QED) is 0.486. The lowest BCUT2D eigenvalue weighted by Crippen LogP contribution is -2.43. The lowest BCUT2D eigenvalue weighted by Gasteiger charge is -2.33. The number of sulfonamides is 1. The van der Waals surface area contributed by atoms with Crippen LogP contribution in [-0.2, 0) is 16.6 Å². The van der Waals surface area contributed by atoms with Gasteiger partial charge in [-0.25, -0.2) is 13.6 Å². The summed E-state index contributed by atoms with van der Waals surface area (Å²) in [5, 5.41) is 8.67. The van der Waals surface area contributed by atoms with Crippen LogP contribution in [0.15, 0.2) is 45.7 Å². The van der Waals surface area contributed by atoms with Crippen LogP contribution >= 0.6 is 0 Å². The molecule has 10 heteroatoms. The molecule has 2 heterocycles. The van der Waals surface area contributed by atoms with E-state index >= 15 is 0 Å². The molecule has 1 aliphatic heterocycles. The molecule has 0 spiro atoms. The standard InChI is InChI=1S/C23H30N4O5S/c1-3-30-18-11-16(12-19(13-18)31-4-2)15-27(17-7-9-25-10-8-17)23-26-21-14-20(33(24,28)29)5-6-22(21)32-23/h5-6,11-14,17,25H,3-4,7-10,15H2,1-2H3,(H2,24,28,29). The first kappa shape index (κ1) is 23.3. The molecule has 0 bridgehead atoms. The Morgan fingerprint density at radius 1 is 1.09 bits per heavy atom. The Morgan fingerprint density at radius 3 is 2.36 bits per heavy atom. The molecule has 4 rings (SSSR count). The molecule has 9 nitrogen and oxygen atoms in total. The maximum atomic E-state index is 11.8. The molecule has 3 N–H and O–H groups in total. The molecule has 0 aliphatic carbocycles. The van der Waals surface area contributed by atoms with Crippen LogP contribution in [0.3, 0.4) is 0 Å². The average molecular weight is 475 g/mol. The highest BCUT2D eigenvalue weighted by Gasteiger charge is 2.26. The van der Waals surface area contributed by atoms with Crippen LogP contribution in [0.4, 0.5) is 6.01 Å². The van der Waals surface area contributed by atoms with Gasteiger partial charge in [0.1, 0.15) is 17.0 Å². The van der Waals surface area contributed by atoms with Gasteiger partial charge in [0.15, 0.2) is 5.58 Å². The lowest BCUT2D eigenvalue weighted by molar-refractivity contribution is 0.322. The summed E-state index contributed by atoms with van der Waals surface area (Å²) in [5.74, 6) is 1.50. The van der Waals surface area contributed by atoms with E-state index < -0.39 is 10.0 Å². The van der Waals surface area contributed by atoms with Gasteiger partial charge < -0.3 is 24.1 Å². The van der Waals surface area contributed by atoms with Crippen molar-refractivity contribution in [2.45, 2.75) is 44.2 Å². The summed E-state index contributed by atoms with van der Waals surface area (Å²) in [5.41, 5.74) is 1.97. The van der Waals surface area contributed by atoms with Gasteiger partial charge in [-0.2, -0.15) is 4.98 Å². The second kappa shape index (κ2) is 9.98. The predicted octanol–water partition coefficient (Wildman–Crippen LogP) is 3.03. The van der Waals surface area contributed by atoms with Crippen LogP contribution in [0.1, 0.15) is 32.3 Å². The number of nitrogens with two attached hydrogens (primary N) is 1. The second-order valence-electron chi connectivity index (χ2n) is 7.96. The maximum absolute atomic E-state index is 11.8. The zero-order valence-corrected chi connectivity index (χ0v) is 19.7. The topological polar surface area (TPSA) is 120 Å². The number of rotatable bonds is 9. The molecule has 0 atom stereocenters. The molecule has 0 amide bonds. The number of nitrogens with one attached hydrogen (secondary N) is 1. The number of nitrogens with zero attached hydrogens (tertiary/aromatic N) is 2. The largest absolute Gasteiger partial charge is 0.494 e. The van der Waals surface area contributed by atoms with Crippen molar-refractivity contribution in [1.29, 1.82) is 0 Å². The van der Waals surface area contributed by atoms with Gasteiger partial charge >= 0.3 is 0 Å². The molecular weight excluding hydrogens is 444 g/mol. The van der Waals surface area contributed by atoms with Crippen LogP contribution in [-0.4, -0.2) is 45.7 Å². The Hall–Kier alpha value is -2.82. The van der Waals surface area contributed by atoms with Crippen molar-refractivity contribution < 1.29 is 22.3 Å². The first-order valence-electron chi connectivity index (χ1n) is 11.2. The van der Waals surface area contributed by atoms with Crippen molar-refractivity contribution in [2.75, 3.05) is 31.2 Å². The number of piperidine rings is 1. The van der Waals surface area contributed by atoms with Crippen molar-refractivity contribution >= 4 is 27.1 Å². The minimum absolute atomic E-state index is 0.00837. The maximum Gasteiger partial charge on any atom is 0.298 e. The number of primary sulfonamides is 1. The van der Waals surface area contributed by atoms with Crippen LogP contribution in [0.5, 0.6) is 11.5 Å². The monoisotopic (exact) mass is 474 g/mol. The summed E-state index contributed by atoms with van der Waals surface area (Å²) in [6.07, 6.45) is 1.87. The van der Waals surface area contributed by atoms with Crippen LogP contribution < -0.4 is 24.8 Å². The van der Waals surface area contributed by atoms with Crippen molar-refractivity contribution in [3.8, 4) is 11.5 Å². The number of hydrogen-bond donors (Lipinski definition) is 2. The summed E-state index contributed by atoms with van der Waals surface area (Å²) in [6.45, 7) is 7.36. The molecular formula is C23H30N4O5S. The minimum atomic E-state index is -3.83. The third-order valence-electron chi connectivity index (χ3n) is 5.59. The highest BCUT2D eigenvalue weighted by molar-refractivity contribution is 7.89. The van der Waals surface area contributed by atoms with Crippen molar-refractivity contribution in [3.05, 3.63) is 42.0 Å². The number of ether oxygens (including phenoxy) is 2. The van der Waals surface area contributed by atoms with E-state index in [9.17, 15) is 8.42 Å². The van der Waals surface area contributed by atoms with E-state index in [1.54, 1.807) is 6.07 Å². The Labute approximate surface area is 193 Å². The van der Waals surface area contributed by atoms with Crippen molar-refractivity contribution in [1.82, 2.24) is 10.3 Å². The smallest absolute Gasteiger partial charge is 0.298 e. The number of oxazole rings is 1. The summed E-state index contributed by atoms with van der Waals surface area (Å²) in [4.78, 5) is 6.78. The lowest BCUT2D eigenvalue weighted by atomic mass is 10.0. The summed E-state index contributed by atoms with van der Waals surface area (Å²) in [7, 11) is -3.83. The van der Waals surface area contributed by atoms with E-state index in [1.807, 2.05) is 32.0 Å². The van der Waals surface area contributed by atoms with E-state index in [1.165, 1.54) is 12.1 Å². The molecule has 1 aromatic heterocycles.